The van der Waals surface area contributed by atoms with E-state index in [4.69, 9.17) is 5.73 Å². The molecule has 1 aromatic heterocycles. The van der Waals surface area contributed by atoms with Crippen molar-refractivity contribution >= 4 is 34.0 Å². The fourth-order valence-electron chi connectivity index (χ4n) is 0.570. The number of nitrogens with two attached hydrogens (primary N) is 1. The van der Waals surface area contributed by atoms with Crippen LogP contribution in [0.1, 0.15) is 5.56 Å². The molecular formula is C6H10Br2N2O. The van der Waals surface area contributed by atoms with Crippen molar-refractivity contribution in [3.05, 3.63) is 34.2 Å². The average molecular weight is 286 g/mol. The zero-order chi connectivity index (χ0) is 6.69. The molecule has 0 atom stereocenters. The quantitative estimate of drug-likeness (QED) is 0.808. The van der Waals surface area contributed by atoms with Crippen molar-refractivity contribution in [1.29, 1.82) is 0 Å². The summed E-state index contributed by atoms with van der Waals surface area (Å²) < 4.78 is 0. The van der Waals surface area contributed by atoms with Gasteiger partial charge >= 0.3 is 0 Å². The van der Waals surface area contributed by atoms with Gasteiger partial charge in [-0.15, -0.1) is 34.0 Å². The Hall–Kier alpha value is -0.130. The van der Waals surface area contributed by atoms with Crippen LogP contribution in [0.4, 0.5) is 0 Å². The highest BCUT2D eigenvalue weighted by Gasteiger charge is 1.84. The van der Waals surface area contributed by atoms with Crippen molar-refractivity contribution in [1.82, 2.24) is 4.98 Å². The summed E-state index contributed by atoms with van der Waals surface area (Å²) in [5.74, 6) is 0. The Bertz CT molecular complexity index is 228. The lowest BCUT2D eigenvalue weighted by atomic mass is 10.3. The first kappa shape index (κ1) is 13.5. The lowest BCUT2D eigenvalue weighted by Gasteiger charge is -1.90. The van der Waals surface area contributed by atoms with Crippen LogP contribution in [0.5, 0.6) is 0 Å². The molecule has 0 aliphatic carbocycles. The highest BCUT2D eigenvalue weighted by molar-refractivity contribution is 8.93. The molecule has 0 spiro atoms. The molecular weight excluding hydrogens is 276 g/mol. The molecule has 1 heterocycles. The second-order valence-corrected chi connectivity index (χ2v) is 1.77. The molecule has 11 heavy (non-hydrogen) atoms. The summed E-state index contributed by atoms with van der Waals surface area (Å²) in [5, 5.41) is 0. The first-order valence-electron chi connectivity index (χ1n) is 2.70. The smallest absolute Gasteiger partial charge is 0.247 e. The molecule has 0 radical (unpaired) electrons. The molecule has 0 fully saturated rings. The highest BCUT2D eigenvalue weighted by atomic mass is 79.9. The maximum Gasteiger partial charge on any atom is 0.247 e. The predicted octanol–water partition coefficient (Wildman–Crippen LogP) is 0.989. The zero-order valence-corrected chi connectivity index (χ0v) is 9.17. The van der Waals surface area contributed by atoms with Crippen LogP contribution in [0.15, 0.2) is 23.1 Å². The molecule has 5 heteroatoms. The van der Waals surface area contributed by atoms with Gasteiger partial charge in [-0.2, -0.15) is 0 Å². The molecule has 0 aliphatic heterocycles. The molecule has 1 aromatic rings. The molecule has 0 bridgehead atoms. The molecule has 0 aromatic carbocycles. The maximum atomic E-state index is 10.4. The van der Waals surface area contributed by atoms with Crippen LogP contribution in [0.3, 0.4) is 0 Å². The summed E-state index contributed by atoms with van der Waals surface area (Å²) in [6.07, 6.45) is 1.61. The van der Waals surface area contributed by atoms with E-state index in [1.165, 1.54) is 6.07 Å². The number of hydrogen-bond donors (Lipinski definition) is 2. The largest absolute Gasteiger partial charge is 0.329 e. The third-order valence-electron chi connectivity index (χ3n) is 1.08. The second-order valence-electron chi connectivity index (χ2n) is 1.77. The fraction of sp³-hybridized carbons (Fsp3) is 0.167. The lowest BCUT2D eigenvalue weighted by molar-refractivity contribution is 1.04. The number of pyridine rings is 1. The Morgan fingerprint density at radius 1 is 1.36 bits per heavy atom. The summed E-state index contributed by atoms with van der Waals surface area (Å²) in [6, 6.07) is 3.17. The summed E-state index contributed by atoms with van der Waals surface area (Å²) in [6.45, 7) is 0.469. The number of nitrogens with one attached hydrogen (secondary N) is 1. The van der Waals surface area contributed by atoms with Crippen LogP contribution in [0, 0.1) is 0 Å². The summed E-state index contributed by atoms with van der Waals surface area (Å²) in [5.41, 5.74) is 6.13. The van der Waals surface area contributed by atoms with Gasteiger partial charge in [0, 0.05) is 18.8 Å². The number of halogens is 2. The lowest BCUT2D eigenvalue weighted by Crippen LogP contribution is -2.05. The van der Waals surface area contributed by atoms with Crippen molar-refractivity contribution in [2.75, 3.05) is 0 Å². The SMILES string of the molecule is Br.Br.NCc1ccc(=O)[nH]c1. The summed E-state index contributed by atoms with van der Waals surface area (Å²) in [4.78, 5) is 13.0. The van der Waals surface area contributed by atoms with Crippen molar-refractivity contribution in [2.24, 2.45) is 5.73 Å². The highest BCUT2D eigenvalue weighted by Crippen LogP contribution is 1.87. The molecule has 0 saturated carbocycles. The Kier molecular flexibility index (Phi) is 8.04. The first-order valence-corrected chi connectivity index (χ1v) is 2.70. The molecule has 64 valence electrons. The second kappa shape index (κ2) is 6.57. The van der Waals surface area contributed by atoms with Gasteiger partial charge in [-0.05, 0) is 5.56 Å². The Labute approximate surface area is 85.5 Å². The fourth-order valence-corrected chi connectivity index (χ4v) is 0.570. The van der Waals surface area contributed by atoms with E-state index in [9.17, 15) is 4.79 Å². The van der Waals surface area contributed by atoms with E-state index in [0.29, 0.717) is 6.54 Å². The van der Waals surface area contributed by atoms with Crippen LogP contribution in [0.2, 0.25) is 0 Å². The van der Waals surface area contributed by atoms with Gasteiger partial charge in [0.05, 0.1) is 0 Å². The van der Waals surface area contributed by atoms with Gasteiger partial charge in [-0.3, -0.25) is 4.79 Å². The van der Waals surface area contributed by atoms with Gasteiger partial charge in [0.2, 0.25) is 5.56 Å². The van der Waals surface area contributed by atoms with Crippen molar-refractivity contribution in [3.63, 3.8) is 0 Å². The maximum absolute atomic E-state index is 10.4. The van der Waals surface area contributed by atoms with Crippen LogP contribution < -0.4 is 11.3 Å². The molecule has 0 aliphatic rings. The Morgan fingerprint density at radius 3 is 2.36 bits per heavy atom. The predicted molar refractivity (Wildman–Crippen MR) is 55.6 cm³/mol. The van der Waals surface area contributed by atoms with E-state index in [1.54, 1.807) is 12.3 Å². The standard InChI is InChI=1S/C6H8N2O.2BrH/c7-3-5-1-2-6(9)8-4-5;;/h1-2,4H,3,7H2,(H,8,9);2*1H. The van der Waals surface area contributed by atoms with E-state index in [2.05, 4.69) is 4.98 Å². The third kappa shape index (κ3) is 4.34. The number of aromatic amines is 1. The average Bonchev–Trinajstić information content (AvgIpc) is 1.90. The molecule has 1 rings (SSSR count). The van der Waals surface area contributed by atoms with Crippen molar-refractivity contribution in [2.45, 2.75) is 6.54 Å². The molecule has 0 amide bonds. The van der Waals surface area contributed by atoms with Gasteiger partial charge < -0.3 is 10.7 Å². The van der Waals surface area contributed by atoms with E-state index in [0.717, 1.165) is 5.56 Å². The minimum Gasteiger partial charge on any atom is -0.329 e. The van der Waals surface area contributed by atoms with Crippen LogP contribution in [-0.2, 0) is 6.54 Å². The minimum absolute atomic E-state index is 0. The van der Waals surface area contributed by atoms with Crippen LogP contribution in [-0.4, -0.2) is 4.98 Å². The normalized spacial score (nSPS) is 7.73. The molecule has 0 unspecified atom stereocenters. The topological polar surface area (TPSA) is 58.9 Å². The van der Waals surface area contributed by atoms with Gasteiger partial charge in [0.1, 0.15) is 0 Å². The van der Waals surface area contributed by atoms with Crippen LogP contribution >= 0.6 is 34.0 Å². The number of hydrogen-bond acceptors (Lipinski definition) is 2. The zero-order valence-electron chi connectivity index (χ0n) is 5.74. The van der Waals surface area contributed by atoms with Gasteiger partial charge in [0.15, 0.2) is 0 Å². The summed E-state index contributed by atoms with van der Waals surface area (Å²) in [7, 11) is 0. The molecule has 3 nitrogen and oxygen atoms in total. The summed E-state index contributed by atoms with van der Waals surface area (Å²) >= 11 is 0. The van der Waals surface area contributed by atoms with Gasteiger partial charge in [0.25, 0.3) is 0 Å². The van der Waals surface area contributed by atoms with E-state index < -0.39 is 0 Å². The number of aromatic nitrogens is 1. The van der Waals surface area contributed by atoms with Gasteiger partial charge in [-0.25, -0.2) is 0 Å². The Balaban J connectivity index is 0. The monoisotopic (exact) mass is 284 g/mol. The van der Waals surface area contributed by atoms with Gasteiger partial charge in [-0.1, -0.05) is 6.07 Å². The molecule has 3 N–H and O–H groups in total. The van der Waals surface area contributed by atoms with E-state index in [-0.39, 0.29) is 39.5 Å². The van der Waals surface area contributed by atoms with E-state index >= 15 is 0 Å². The van der Waals surface area contributed by atoms with Crippen molar-refractivity contribution < 1.29 is 0 Å². The van der Waals surface area contributed by atoms with E-state index in [1.807, 2.05) is 0 Å². The number of H-pyrrole nitrogens is 1. The molecule has 0 saturated heterocycles. The number of rotatable bonds is 1. The first-order chi connectivity index (χ1) is 4.33. The Morgan fingerprint density at radius 2 is 2.00 bits per heavy atom. The minimum atomic E-state index is -0.0906. The third-order valence-corrected chi connectivity index (χ3v) is 1.08. The van der Waals surface area contributed by atoms with Crippen molar-refractivity contribution in [3.8, 4) is 0 Å². The van der Waals surface area contributed by atoms with Crippen LogP contribution in [0.25, 0.3) is 0 Å².